The number of carbonyl (C=O) groups is 3. The van der Waals surface area contributed by atoms with Crippen molar-refractivity contribution in [1.82, 2.24) is 9.88 Å². The summed E-state index contributed by atoms with van der Waals surface area (Å²) >= 11 is 0. The molecule has 1 atom stereocenters. The molecule has 0 bridgehead atoms. The van der Waals surface area contributed by atoms with Crippen LogP contribution in [0.5, 0.6) is 0 Å². The molecular formula is C12H14N2O5. The van der Waals surface area contributed by atoms with Gasteiger partial charge in [-0.05, 0) is 12.1 Å². The number of carboxylic acid groups (broad SMARTS) is 2. The fourth-order valence-electron chi connectivity index (χ4n) is 1.46. The Bertz CT molecular complexity index is 474. The average molecular weight is 266 g/mol. The molecule has 1 heterocycles. The second kappa shape index (κ2) is 6.48. The molecule has 0 radical (unpaired) electrons. The molecule has 1 aromatic rings. The number of hydrogen-bond acceptors (Lipinski definition) is 4. The van der Waals surface area contributed by atoms with Crippen LogP contribution in [0.4, 0.5) is 0 Å². The Kier molecular flexibility index (Phi) is 4.99. The van der Waals surface area contributed by atoms with Crippen molar-refractivity contribution in [3.8, 4) is 0 Å². The van der Waals surface area contributed by atoms with Crippen LogP contribution in [0.25, 0.3) is 0 Å². The van der Waals surface area contributed by atoms with E-state index in [9.17, 15) is 14.4 Å². The summed E-state index contributed by atoms with van der Waals surface area (Å²) in [6.45, 7) is 0.689. The van der Waals surface area contributed by atoms with Crippen LogP contribution in [-0.4, -0.2) is 51.0 Å². The van der Waals surface area contributed by atoms with Crippen LogP contribution in [0.15, 0.2) is 24.5 Å². The van der Waals surface area contributed by atoms with E-state index in [1.165, 1.54) is 25.4 Å². The number of hydrogen-bond donors (Lipinski definition) is 2. The lowest BCUT2D eigenvalue weighted by Crippen LogP contribution is -2.40. The van der Waals surface area contributed by atoms with Crippen molar-refractivity contribution in [2.24, 2.45) is 5.92 Å². The van der Waals surface area contributed by atoms with Crippen LogP contribution in [0.3, 0.4) is 0 Å². The summed E-state index contributed by atoms with van der Waals surface area (Å²) in [5.74, 6) is -3.69. The zero-order valence-corrected chi connectivity index (χ0v) is 10.3. The predicted molar refractivity (Wildman–Crippen MR) is 64.6 cm³/mol. The summed E-state index contributed by atoms with van der Waals surface area (Å²) < 4.78 is 0. The van der Waals surface area contributed by atoms with E-state index in [0.717, 1.165) is 4.90 Å². The van der Waals surface area contributed by atoms with Gasteiger partial charge in [-0.3, -0.25) is 19.4 Å². The van der Waals surface area contributed by atoms with E-state index in [1.807, 2.05) is 0 Å². The molecule has 0 aliphatic heterocycles. The molecule has 0 aliphatic rings. The van der Waals surface area contributed by atoms with E-state index >= 15 is 0 Å². The highest BCUT2D eigenvalue weighted by Crippen LogP contribution is 2.07. The number of carbonyl (C=O) groups excluding carboxylic acids is 1. The molecule has 1 amide bonds. The molecular weight excluding hydrogens is 252 g/mol. The third kappa shape index (κ3) is 4.38. The number of amides is 1. The van der Waals surface area contributed by atoms with Crippen molar-refractivity contribution < 1.29 is 24.6 Å². The lowest BCUT2D eigenvalue weighted by atomic mass is 10.1. The zero-order chi connectivity index (χ0) is 14.4. The number of carboxylic acids is 2. The summed E-state index contributed by atoms with van der Waals surface area (Å²) in [6.07, 6.45) is 2.79. The topological polar surface area (TPSA) is 108 Å². The molecule has 0 spiro atoms. The molecule has 0 fully saturated rings. The van der Waals surface area contributed by atoms with Crippen molar-refractivity contribution in [2.75, 3.05) is 13.1 Å². The van der Waals surface area contributed by atoms with Gasteiger partial charge in [0.15, 0.2) is 0 Å². The first-order valence-electron chi connectivity index (χ1n) is 5.55. The second-order valence-corrected chi connectivity index (χ2v) is 4.06. The minimum Gasteiger partial charge on any atom is -0.481 e. The first kappa shape index (κ1) is 14.6. The summed E-state index contributed by atoms with van der Waals surface area (Å²) in [4.78, 5) is 38.3. The van der Waals surface area contributed by atoms with Gasteiger partial charge in [-0.15, -0.1) is 0 Å². The molecule has 0 saturated carbocycles. The Hall–Kier alpha value is -2.44. The van der Waals surface area contributed by atoms with Crippen molar-refractivity contribution in [2.45, 2.75) is 6.92 Å². The number of aromatic nitrogens is 1. The smallest absolute Gasteiger partial charge is 0.323 e. The summed E-state index contributed by atoms with van der Waals surface area (Å²) in [5.41, 5.74) is 0.223. The predicted octanol–water partition coefficient (Wildman–Crippen LogP) is 0.329. The first-order valence-corrected chi connectivity index (χ1v) is 5.55. The first-order chi connectivity index (χ1) is 8.91. The van der Waals surface area contributed by atoms with Gasteiger partial charge in [-0.25, -0.2) is 0 Å². The van der Waals surface area contributed by atoms with Crippen LogP contribution in [-0.2, 0) is 9.59 Å². The largest absolute Gasteiger partial charge is 0.481 e. The van der Waals surface area contributed by atoms with E-state index in [0.29, 0.717) is 0 Å². The normalized spacial score (nSPS) is 11.6. The third-order valence-electron chi connectivity index (χ3n) is 2.44. The Morgan fingerprint density at radius 2 is 2.05 bits per heavy atom. The Morgan fingerprint density at radius 3 is 2.53 bits per heavy atom. The third-order valence-corrected chi connectivity index (χ3v) is 2.44. The molecule has 7 heteroatoms. The number of aliphatic carboxylic acids is 2. The SMILES string of the molecule is CC(CN(CC(=O)O)C(=O)c1cccnc1)C(=O)O. The van der Waals surface area contributed by atoms with Crippen LogP contribution >= 0.6 is 0 Å². The number of rotatable bonds is 6. The average Bonchev–Trinajstić information content (AvgIpc) is 2.37. The van der Waals surface area contributed by atoms with Gasteiger partial charge in [0.2, 0.25) is 0 Å². The molecule has 2 N–H and O–H groups in total. The van der Waals surface area contributed by atoms with Crippen LogP contribution in [0.1, 0.15) is 17.3 Å². The molecule has 1 unspecified atom stereocenters. The van der Waals surface area contributed by atoms with E-state index in [1.54, 1.807) is 6.07 Å². The standard InChI is InChI=1S/C12H14N2O5/c1-8(12(18)19)6-14(7-10(15)16)11(17)9-3-2-4-13-5-9/h2-5,8H,6-7H2,1H3,(H,15,16)(H,18,19). The van der Waals surface area contributed by atoms with Gasteiger partial charge in [-0.2, -0.15) is 0 Å². The van der Waals surface area contributed by atoms with Crippen molar-refractivity contribution >= 4 is 17.8 Å². The summed E-state index contributed by atoms with van der Waals surface area (Å²) in [7, 11) is 0. The van der Waals surface area contributed by atoms with Crippen LogP contribution < -0.4 is 0 Å². The van der Waals surface area contributed by atoms with Gasteiger partial charge in [0.05, 0.1) is 11.5 Å². The molecule has 1 aromatic heterocycles. The van der Waals surface area contributed by atoms with Gasteiger partial charge in [-0.1, -0.05) is 6.92 Å². The number of nitrogens with zero attached hydrogens (tertiary/aromatic N) is 2. The highest BCUT2D eigenvalue weighted by atomic mass is 16.4. The van der Waals surface area contributed by atoms with Crippen LogP contribution in [0, 0.1) is 5.92 Å². The summed E-state index contributed by atoms with van der Waals surface area (Å²) in [6, 6.07) is 3.04. The zero-order valence-electron chi connectivity index (χ0n) is 10.3. The lowest BCUT2D eigenvalue weighted by Gasteiger charge is -2.22. The maximum Gasteiger partial charge on any atom is 0.323 e. The fraction of sp³-hybridized carbons (Fsp3) is 0.333. The lowest BCUT2D eigenvalue weighted by molar-refractivity contribution is -0.143. The molecule has 19 heavy (non-hydrogen) atoms. The maximum absolute atomic E-state index is 12.1. The molecule has 0 aliphatic carbocycles. The second-order valence-electron chi connectivity index (χ2n) is 4.06. The Labute approximate surface area is 109 Å². The van der Waals surface area contributed by atoms with Gasteiger partial charge in [0, 0.05) is 18.9 Å². The number of pyridine rings is 1. The Balaban J connectivity index is 2.87. The molecule has 1 rings (SSSR count). The minimum absolute atomic E-state index is 0.171. The molecule has 7 nitrogen and oxygen atoms in total. The summed E-state index contributed by atoms with van der Waals surface area (Å²) in [5, 5.41) is 17.6. The molecule has 102 valence electrons. The minimum atomic E-state index is -1.20. The van der Waals surface area contributed by atoms with Crippen LogP contribution in [0.2, 0.25) is 0 Å². The van der Waals surface area contributed by atoms with Crippen molar-refractivity contribution in [3.63, 3.8) is 0 Å². The van der Waals surface area contributed by atoms with Crippen molar-refractivity contribution in [1.29, 1.82) is 0 Å². The maximum atomic E-state index is 12.1. The van der Waals surface area contributed by atoms with Gasteiger partial charge < -0.3 is 15.1 Å². The van der Waals surface area contributed by atoms with E-state index in [2.05, 4.69) is 4.98 Å². The van der Waals surface area contributed by atoms with Gasteiger partial charge in [0.25, 0.3) is 5.91 Å². The fourth-order valence-corrected chi connectivity index (χ4v) is 1.46. The van der Waals surface area contributed by atoms with Crippen molar-refractivity contribution in [3.05, 3.63) is 30.1 Å². The Morgan fingerprint density at radius 1 is 1.37 bits per heavy atom. The molecule has 0 saturated heterocycles. The van der Waals surface area contributed by atoms with E-state index < -0.39 is 30.3 Å². The van der Waals surface area contributed by atoms with Gasteiger partial charge in [0.1, 0.15) is 6.54 Å². The highest BCUT2D eigenvalue weighted by molar-refractivity contribution is 5.95. The van der Waals surface area contributed by atoms with E-state index in [-0.39, 0.29) is 12.1 Å². The quantitative estimate of drug-likeness (QED) is 0.768. The van der Waals surface area contributed by atoms with Gasteiger partial charge >= 0.3 is 11.9 Å². The monoisotopic (exact) mass is 266 g/mol. The highest BCUT2D eigenvalue weighted by Gasteiger charge is 2.23. The molecule has 0 aromatic carbocycles. The van der Waals surface area contributed by atoms with E-state index in [4.69, 9.17) is 10.2 Å².